The molecule has 2 aromatic rings. The molecular weight excluding hydrogens is 320 g/mol. The summed E-state index contributed by atoms with van der Waals surface area (Å²) in [4.78, 5) is 23.6. The van der Waals surface area contributed by atoms with Crippen LogP contribution in [0.5, 0.6) is 11.5 Å². The molecule has 0 fully saturated rings. The number of carbonyl (C=O) groups excluding carboxylic acids is 2. The molecule has 1 atom stereocenters. The third-order valence-corrected chi connectivity index (χ3v) is 3.72. The molecule has 2 aromatic carbocycles. The van der Waals surface area contributed by atoms with Crippen LogP contribution in [0.4, 0.5) is 11.4 Å². The normalized spacial score (nSPS) is 11.4. The summed E-state index contributed by atoms with van der Waals surface area (Å²) in [5.74, 6) is 1.00. The highest BCUT2D eigenvalue weighted by Gasteiger charge is 2.14. The molecule has 6 heteroatoms. The average molecular weight is 342 g/mol. The lowest BCUT2D eigenvalue weighted by atomic mass is 10.1. The molecule has 0 aliphatic heterocycles. The van der Waals surface area contributed by atoms with Crippen LogP contribution in [0.3, 0.4) is 0 Å². The molecule has 0 aliphatic rings. The number of ketones is 1. The molecule has 0 saturated carbocycles. The lowest BCUT2D eigenvalue weighted by Crippen LogP contribution is -2.31. The molecule has 0 spiro atoms. The summed E-state index contributed by atoms with van der Waals surface area (Å²) in [5.41, 5.74) is 1.98. The summed E-state index contributed by atoms with van der Waals surface area (Å²) < 4.78 is 10.4. The van der Waals surface area contributed by atoms with Gasteiger partial charge in [-0.05, 0) is 50.2 Å². The van der Waals surface area contributed by atoms with Crippen molar-refractivity contribution in [3.8, 4) is 11.5 Å². The second-order valence-corrected chi connectivity index (χ2v) is 5.56. The molecule has 0 heterocycles. The molecule has 0 unspecified atom stereocenters. The van der Waals surface area contributed by atoms with E-state index >= 15 is 0 Å². The molecule has 25 heavy (non-hydrogen) atoms. The zero-order valence-corrected chi connectivity index (χ0v) is 14.8. The fourth-order valence-corrected chi connectivity index (χ4v) is 2.28. The van der Waals surface area contributed by atoms with Crippen molar-refractivity contribution < 1.29 is 19.1 Å². The standard InChI is InChI=1S/C19H22N2O4/c1-12(20-16-9-10-17(24-3)18(11-16)25-4)19(23)21-15-7-5-14(6-8-15)13(2)22/h5-12,20H,1-4H3,(H,21,23)/t12-/m0/s1. The number of benzene rings is 2. The highest BCUT2D eigenvalue weighted by molar-refractivity contribution is 5.98. The van der Waals surface area contributed by atoms with E-state index in [1.165, 1.54) is 6.92 Å². The van der Waals surface area contributed by atoms with Crippen LogP contribution in [0.2, 0.25) is 0 Å². The van der Waals surface area contributed by atoms with Gasteiger partial charge in [0, 0.05) is 23.0 Å². The van der Waals surface area contributed by atoms with Crippen molar-refractivity contribution in [1.29, 1.82) is 0 Å². The zero-order chi connectivity index (χ0) is 18.4. The first kappa shape index (κ1) is 18.3. The van der Waals surface area contributed by atoms with Gasteiger partial charge in [0.1, 0.15) is 6.04 Å². The number of Topliss-reactive ketones (excluding diaryl/α,β-unsaturated/α-hetero) is 1. The van der Waals surface area contributed by atoms with Gasteiger partial charge in [0.2, 0.25) is 5.91 Å². The summed E-state index contributed by atoms with van der Waals surface area (Å²) in [6.07, 6.45) is 0. The van der Waals surface area contributed by atoms with E-state index in [4.69, 9.17) is 9.47 Å². The Hall–Kier alpha value is -3.02. The topological polar surface area (TPSA) is 76.7 Å². The second kappa shape index (κ2) is 8.19. The fraction of sp³-hybridized carbons (Fsp3) is 0.263. The Bertz CT molecular complexity index is 757. The van der Waals surface area contributed by atoms with Crippen molar-refractivity contribution in [3.63, 3.8) is 0 Å². The highest BCUT2D eigenvalue weighted by Crippen LogP contribution is 2.30. The summed E-state index contributed by atoms with van der Waals surface area (Å²) in [6.45, 7) is 3.26. The maximum atomic E-state index is 12.3. The third-order valence-electron chi connectivity index (χ3n) is 3.72. The van der Waals surface area contributed by atoms with Crippen molar-refractivity contribution in [2.24, 2.45) is 0 Å². The maximum absolute atomic E-state index is 12.3. The molecule has 0 aliphatic carbocycles. The smallest absolute Gasteiger partial charge is 0.246 e. The Morgan fingerprint density at radius 3 is 2.08 bits per heavy atom. The lowest BCUT2D eigenvalue weighted by molar-refractivity contribution is -0.116. The summed E-state index contributed by atoms with van der Waals surface area (Å²) in [7, 11) is 3.13. The van der Waals surface area contributed by atoms with Crippen LogP contribution < -0.4 is 20.1 Å². The van der Waals surface area contributed by atoms with Gasteiger partial charge in [0.15, 0.2) is 17.3 Å². The largest absolute Gasteiger partial charge is 0.493 e. The molecule has 132 valence electrons. The van der Waals surface area contributed by atoms with E-state index in [1.807, 2.05) is 6.07 Å². The van der Waals surface area contributed by atoms with Crippen LogP contribution in [0.15, 0.2) is 42.5 Å². The van der Waals surface area contributed by atoms with Crippen molar-refractivity contribution in [1.82, 2.24) is 0 Å². The van der Waals surface area contributed by atoms with Crippen LogP contribution in [-0.4, -0.2) is 32.0 Å². The number of anilines is 2. The number of amides is 1. The molecule has 0 saturated heterocycles. The van der Waals surface area contributed by atoms with Crippen molar-refractivity contribution >= 4 is 23.1 Å². The zero-order valence-electron chi connectivity index (χ0n) is 14.8. The van der Waals surface area contributed by atoms with E-state index in [0.717, 1.165) is 5.69 Å². The van der Waals surface area contributed by atoms with Gasteiger partial charge in [0.05, 0.1) is 14.2 Å². The maximum Gasteiger partial charge on any atom is 0.246 e. The number of carbonyl (C=O) groups is 2. The number of hydrogen-bond donors (Lipinski definition) is 2. The Kier molecular flexibility index (Phi) is 6.00. The van der Waals surface area contributed by atoms with Gasteiger partial charge in [-0.15, -0.1) is 0 Å². The van der Waals surface area contributed by atoms with Gasteiger partial charge in [-0.2, -0.15) is 0 Å². The summed E-state index contributed by atoms with van der Waals surface area (Å²) in [5, 5.41) is 5.93. The molecule has 2 N–H and O–H groups in total. The van der Waals surface area contributed by atoms with Crippen molar-refractivity contribution in [2.45, 2.75) is 19.9 Å². The minimum absolute atomic E-state index is 0.0126. The molecule has 1 amide bonds. The third kappa shape index (κ3) is 4.73. The highest BCUT2D eigenvalue weighted by atomic mass is 16.5. The molecule has 0 aromatic heterocycles. The van der Waals surface area contributed by atoms with Crippen LogP contribution in [-0.2, 0) is 4.79 Å². The first-order chi connectivity index (χ1) is 11.9. The molecular formula is C19H22N2O4. The number of rotatable bonds is 7. The molecule has 0 radical (unpaired) electrons. The van der Waals surface area contributed by atoms with Crippen molar-refractivity contribution in [3.05, 3.63) is 48.0 Å². The number of ether oxygens (including phenoxy) is 2. The van der Waals surface area contributed by atoms with E-state index in [1.54, 1.807) is 57.5 Å². The van der Waals surface area contributed by atoms with E-state index in [9.17, 15) is 9.59 Å². The second-order valence-electron chi connectivity index (χ2n) is 5.56. The number of methoxy groups -OCH3 is 2. The minimum Gasteiger partial charge on any atom is -0.493 e. The monoisotopic (exact) mass is 342 g/mol. The van der Waals surface area contributed by atoms with Gasteiger partial charge in [-0.1, -0.05) is 0 Å². The molecule has 0 bridgehead atoms. The summed E-state index contributed by atoms with van der Waals surface area (Å²) in [6, 6.07) is 11.7. The SMILES string of the molecule is COc1ccc(N[C@@H](C)C(=O)Nc2ccc(C(C)=O)cc2)cc1OC. The van der Waals surface area contributed by atoms with E-state index in [0.29, 0.717) is 22.7 Å². The van der Waals surface area contributed by atoms with Gasteiger partial charge in [-0.3, -0.25) is 9.59 Å². The van der Waals surface area contributed by atoms with E-state index < -0.39 is 6.04 Å². The Labute approximate surface area is 147 Å². The van der Waals surface area contributed by atoms with Crippen LogP contribution in [0, 0.1) is 0 Å². The van der Waals surface area contributed by atoms with Gasteiger partial charge < -0.3 is 20.1 Å². The fourth-order valence-electron chi connectivity index (χ4n) is 2.28. The predicted octanol–water partition coefficient (Wildman–Crippen LogP) is 3.35. The Balaban J connectivity index is 2.01. The van der Waals surface area contributed by atoms with Crippen LogP contribution in [0.1, 0.15) is 24.2 Å². The predicted molar refractivity (Wildman–Crippen MR) is 97.7 cm³/mol. The van der Waals surface area contributed by atoms with Crippen molar-refractivity contribution in [2.75, 3.05) is 24.9 Å². The van der Waals surface area contributed by atoms with Gasteiger partial charge in [-0.25, -0.2) is 0 Å². The summed E-state index contributed by atoms with van der Waals surface area (Å²) >= 11 is 0. The van der Waals surface area contributed by atoms with Crippen LogP contribution in [0.25, 0.3) is 0 Å². The lowest BCUT2D eigenvalue weighted by Gasteiger charge is -2.17. The van der Waals surface area contributed by atoms with Crippen LogP contribution >= 0.6 is 0 Å². The Morgan fingerprint density at radius 1 is 0.920 bits per heavy atom. The van der Waals surface area contributed by atoms with E-state index in [-0.39, 0.29) is 11.7 Å². The average Bonchev–Trinajstić information content (AvgIpc) is 2.61. The van der Waals surface area contributed by atoms with E-state index in [2.05, 4.69) is 10.6 Å². The number of nitrogens with one attached hydrogen (secondary N) is 2. The molecule has 6 nitrogen and oxygen atoms in total. The Morgan fingerprint density at radius 2 is 1.52 bits per heavy atom. The van der Waals surface area contributed by atoms with Gasteiger partial charge in [0.25, 0.3) is 0 Å². The number of hydrogen-bond acceptors (Lipinski definition) is 5. The molecule has 2 rings (SSSR count). The van der Waals surface area contributed by atoms with Gasteiger partial charge >= 0.3 is 0 Å². The first-order valence-electron chi connectivity index (χ1n) is 7.85. The quantitative estimate of drug-likeness (QED) is 0.755. The minimum atomic E-state index is -0.467. The first-order valence-corrected chi connectivity index (χ1v) is 7.85.